The van der Waals surface area contributed by atoms with Crippen molar-refractivity contribution in [2.75, 3.05) is 27.2 Å². The van der Waals surface area contributed by atoms with Crippen molar-refractivity contribution in [1.82, 2.24) is 20.7 Å². The fourth-order valence-corrected chi connectivity index (χ4v) is 2.75. The van der Waals surface area contributed by atoms with E-state index in [1.807, 2.05) is 20.8 Å². The summed E-state index contributed by atoms with van der Waals surface area (Å²) in [6, 6.07) is 0. The quantitative estimate of drug-likeness (QED) is 0.308. The number of carbonyl (C=O) groups excluding carboxylic acids is 1. The van der Waals surface area contributed by atoms with Crippen LogP contribution in [0.4, 0.5) is 4.79 Å². The molecule has 1 aromatic heterocycles. The molecule has 0 aliphatic carbocycles. The van der Waals surface area contributed by atoms with E-state index in [4.69, 9.17) is 9.26 Å². The van der Waals surface area contributed by atoms with E-state index in [9.17, 15) is 4.79 Å². The molecule has 0 bridgehead atoms. The summed E-state index contributed by atoms with van der Waals surface area (Å²) in [5.74, 6) is 1.84. The number of ether oxygens (including phenoxy) is 1. The molecule has 8 nitrogen and oxygen atoms in total. The number of aryl methyl sites for hydroxylation is 2. The van der Waals surface area contributed by atoms with Crippen molar-refractivity contribution < 1.29 is 14.1 Å². The highest BCUT2D eigenvalue weighted by molar-refractivity contribution is 14.0. The van der Waals surface area contributed by atoms with E-state index in [2.05, 4.69) is 41.6 Å². The normalized spacial score (nSPS) is 12.8. The molecule has 0 fully saturated rings. The molecular formula is C20H38IN5O3. The predicted molar refractivity (Wildman–Crippen MR) is 127 cm³/mol. The topological polar surface area (TPSA) is 92.0 Å². The number of carbonyl (C=O) groups is 1. The highest BCUT2D eigenvalue weighted by atomic mass is 127. The number of hydrogen-bond donors (Lipinski definition) is 2. The molecule has 0 saturated heterocycles. The van der Waals surface area contributed by atoms with Crippen molar-refractivity contribution in [3.05, 3.63) is 17.0 Å². The predicted octanol–water partition coefficient (Wildman–Crippen LogP) is 3.59. The van der Waals surface area contributed by atoms with E-state index in [1.54, 1.807) is 19.0 Å². The number of aliphatic imine (C=N–C) groups is 1. The molecular weight excluding hydrogens is 485 g/mol. The van der Waals surface area contributed by atoms with Crippen LogP contribution in [0.2, 0.25) is 0 Å². The Bertz CT molecular complexity index is 634. The maximum Gasteiger partial charge on any atom is 0.410 e. The van der Waals surface area contributed by atoms with Crippen molar-refractivity contribution in [3.8, 4) is 0 Å². The minimum absolute atomic E-state index is 0. The van der Waals surface area contributed by atoms with Gasteiger partial charge in [-0.15, -0.1) is 24.0 Å². The van der Waals surface area contributed by atoms with Crippen molar-refractivity contribution in [1.29, 1.82) is 0 Å². The molecule has 1 amide bonds. The molecule has 0 radical (unpaired) electrons. The maximum absolute atomic E-state index is 12.1. The molecule has 29 heavy (non-hydrogen) atoms. The lowest BCUT2D eigenvalue weighted by atomic mass is 10.1. The Labute approximate surface area is 192 Å². The Morgan fingerprint density at radius 2 is 1.93 bits per heavy atom. The smallest absolute Gasteiger partial charge is 0.410 e. The van der Waals surface area contributed by atoms with Crippen LogP contribution >= 0.6 is 24.0 Å². The largest absolute Gasteiger partial charge is 0.444 e. The minimum Gasteiger partial charge on any atom is -0.444 e. The van der Waals surface area contributed by atoms with Crippen LogP contribution in [0.3, 0.4) is 0 Å². The second kappa shape index (κ2) is 12.9. The van der Waals surface area contributed by atoms with Crippen molar-refractivity contribution in [3.63, 3.8) is 0 Å². The number of rotatable bonds is 8. The van der Waals surface area contributed by atoms with Gasteiger partial charge in [-0.25, -0.2) is 4.79 Å². The molecule has 2 N–H and O–H groups in total. The zero-order valence-corrected chi connectivity index (χ0v) is 21.4. The summed E-state index contributed by atoms with van der Waals surface area (Å²) in [5.41, 5.74) is 1.59. The van der Waals surface area contributed by atoms with Crippen molar-refractivity contribution >= 4 is 36.0 Å². The van der Waals surface area contributed by atoms with Crippen LogP contribution in [0.5, 0.6) is 0 Å². The Hall–Kier alpha value is -1.52. The van der Waals surface area contributed by atoms with E-state index in [0.717, 1.165) is 29.9 Å². The molecule has 1 atom stereocenters. The van der Waals surface area contributed by atoms with Gasteiger partial charge in [0.05, 0.1) is 5.69 Å². The van der Waals surface area contributed by atoms with Gasteiger partial charge in [0.15, 0.2) is 5.96 Å². The second-order valence-electron chi connectivity index (χ2n) is 8.01. The van der Waals surface area contributed by atoms with Crippen LogP contribution in [-0.2, 0) is 24.1 Å². The van der Waals surface area contributed by atoms with Crippen molar-refractivity contribution in [2.24, 2.45) is 10.9 Å². The average Bonchev–Trinajstić information content (AvgIpc) is 3.02. The number of aromatic nitrogens is 1. The standard InChI is InChI=1S/C20H37N5O3.HI/c1-9-16-15(17(10-2)28-24-16)12-23-18(21-7)22-11-14(3)13-25(8)19(26)27-20(4,5)6;/h14H,9-13H2,1-8H3,(H2,21,22,23);1H. The first-order chi connectivity index (χ1) is 13.1. The van der Waals surface area contributed by atoms with Gasteiger partial charge in [-0.1, -0.05) is 25.9 Å². The SMILES string of the molecule is CCc1noc(CC)c1CNC(=NC)NCC(C)CN(C)C(=O)OC(C)(C)C.I. The summed E-state index contributed by atoms with van der Waals surface area (Å²) in [6.45, 7) is 13.7. The summed E-state index contributed by atoms with van der Waals surface area (Å²) in [5, 5.41) is 10.8. The van der Waals surface area contributed by atoms with Gasteiger partial charge in [0.1, 0.15) is 11.4 Å². The number of guanidine groups is 1. The second-order valence-corrected chi connectivity index (χ2v) is 8.01. The monoisotopic (exact) mass is 523 g/mol. The molecule has 168 valence electrons. The molecule has 0 spiro atoms. The van der Waals surface area contributed by atoms with E-state index < -0.39 is 5.60 Å². The molecule has 0 aromatic carbocycles. The maximum atomic E-state index is 12.1. The first kappa shape index (κ1) is 27.5. The summed E-state index contributed by atoms with van der Waals surface area (Å²) >= 11 is 0. The first-order valence-electron chi connectivity index (χ1n) is 9.96. The zero-order chi connectivity index (χ0) is 21.3. The van der Waals surface area contributed by atoms with E-state index in [1.165, 1.54) is 0 Å². The van der Waals surface area contributed by atoms with Gasteiger partial charge in [-0.3, -0.25) is 4.99 Å². The fourth-order valence-electron chi connectivity index (χ4n) is 2.75. The lowest BCUT2D eigenvalue weighted by Crippen LogP contribution is -2.42. The van der Waals surface area contributed by atoms with Crippen molar-refractivity contribution in [2.45, 2.75) is 66.5 Å². The highest BCUT2D eigenvalue weighted by Crippen LogP contribution is 2.15. The van der Waals surface area contributed by atoms with Gasteiger partial charge < -0.3 is 24.8 Å². The number of nitrogens with zero attached hydrogens (tertiary/aromatic N) is 3. The molecule has 9 heteroatoms. The van der Waals surface area contributed by atoms with Gasteiger partial charge in [-0.05, 0) is 33.1 Å². The molecule has 1 aromatic rings. The summed E-state index contributed by atoms with van der Waals surface area (Å²) < 4.78 is 10.8. The van der Waals surface area contributed by atoms with Crippen LogP contribution in [0.1, 0.15) is 58.6 Å². The van der Waals surface area contributed by atoms with Crippen LogP contribution in [0, 0.1) is 5.92 Å². The van der Waals surface area contributed by atoms with Gasteiger partial charge in [0, 0.05) is 45.7 Å². The lowest BCUT2D eigenvalue weighted by Gasteiger charge is -2.26. The fraction of sp³-hybridized carbons (Fsp3) is 0.750. The van der Waals surface area contributed by atoms with E-state index >= 15 is 0 Å². The van der Waals surface area contributed by atoms with E-state index in [0.29, 0.717) is 25.6 Å². The number of halogens is 1. The molecule has 0 aliphatic heterocycles. The number of hydrogen-bond acceptors (Lipinski definition) is 5. The summed E-state index contributed by atoms with van der Waals surface area (Å²) in [4.78, 5) is 17.9. The third-order valence-corrected chi connectivity index (χ3v) is 4.17. The van der Waals surface area contributed by atoms with Gasteiger partial charge in [0.25, 0.3) is 0 Å². The highest BCUT2D eigenvalue weighted by Gasteiger charge is 2.21. The van der Waals surface area contributed by atoms with Gasteiger partial charge in [0.2, 0.25) is 0 Å². The minimum atomic E-state index is -0.491. The summed E-state index contributed by atoms with van der Waals surface area (Å²) in [7, 11) is 3.49. The Morgan fingerprint density at radius 3 is 2.45 bits per heavy atom. The molecule has 0 saturated carbocycles. The van der Waals surface area contributed by atoms with Crippen LogP contribution < -0.4 is 10.6 Å². The van der Waals surface area contributed by atoms with E-state index in [-0.39, 0.29) is 36.0 Å². The summed E-state index contributed by atoms with van der Waals surface area (Å²) in [6.07, 6.45) is 1.33. The van der Waals surface area contributed by atoms with Crippen LogP contribution in [0.15, 0.2) is 9.52 Å². The molecule has 0 aliphatic rings. The molecule has 1 rings (SSSR count). The number of amides is 1. The third kappa shape index (κ3) is 9.68. The average molecular weight is 523 g/mol. The van der Waals surface area contributed by atoms with Gasteiger partial charge >= 0.3 is 6.09 Å². The zero-order valence-electron chi connectivity index (χ0n) is 19.1. The Kier molecular flexibility index (Phi) is 12.2. The van der Waals surface area contributed by atoms with Crippen LogP contribution in [0.25, 0.3) is 0 Å². The molecule has 1 heterocycles. The lowest BCUT2D eigenvalue weighted by molar-refractivity contribution is 0.0278. The third-order valence-electron chi connectivity index (χ3n) is 4.17. The first-order valence-corrected chi connectivity index (χ1v) is 9.96. The van der Waals surface area contributed by atoms with Gasteiger partial charge in [-0.2, -0.15) is 0 Å². The molecule has 1 unspecified atom stereocenters. The Balaban J connectivity index is 0.00000784. The number of nitrogens with one attached hydrogen (secondary N) is 2. The van der Waals surface area contributed by atoms with Crippen LogP contribution in [-0.4, -0.2) is 54.9 Å². The Morgan fingerprint density at radius 1 is 1.28 bits per heavy atom.